The van der Waals surface area contributed by atoms with Gasteiger partial charge >= 0.3 is 0 Å². The minimum Gasteiger partial charge on any atom is -0.355 e. The molecule has 0 radical (unpaired) electrons. The molecule has 7 nitrogen and oxygen atoms in total. The van der Waals surface area contributed by atoms with Crippen molar-refractivity contribution < 1.29 is 22.4 Å². The molecule has 0 saturated heterocycles. The number of nitrogens with zero attached hydrogens (tertiary/aromatic N) is 1. The maximum atomic E-state index is 13.7. The van der Waals surface area contributed by atoms with Crippen LogP contribution in [0.1, 0.15) is 23.7 Å². The van der Waals surface area contributed by atoms with Crippen LogP contribution in [0.25, 0.3) is 0 Å². The number of halogens is 1. The van der Waals surface area contributed by atoms with Gasteiger partial charge in [-0.15, -0.1) is 0 Å². The molecular formula is C19H22FN3O4S. The highest BCUT2D eigenvalue weighted by molar-refractivity contribution is 7.92. The number of rotatable bonds is 8. The highest BCUT2D eigenvalue weighted by Gasteiger charge is 2.19. The molecule has 0 unspecified atom stereocenters. The van der Waals surface area contributed by atoms with Crippen LogP contribution in [0, 0.1) is 5.82 Å². The summed E-state index contributed by atoms with van der Waals surface area (Å²) >= 11 is 0. The van der Waals surface area contributed by atoms with Gasteiger partial charge in [0.25, 0.3) is 15.9 Å². The van der Waals surface area contributed by atoms with Gasteiger partial charge in [0.15, 0.2) is 0 Å². The van der Waals surface area contributed by atoms with Crippen molar-refractivity contribution >= 4 is 27.5 Å². The van der Waals surface area contributed by atoms with Gasteiger partial charge < -0.3 is 10.2 Å². The summed E-state index contributed by atoms with van der Waals surface area (Å²) in [6, 6.07) is 10.6. The fourth-order valence-electron chi connectivity index (χ4n) is 2.35. The highest BCUT2D eigenvalue weighted by Crippen LogP contribution is 2.19. The maximum Gasteiger partial charge on any atom is 0.261 e. The first kappa shape index (κ1) is 21.4. The fraction of sp³-hybridized carbons (Fsp3) is 0.263. The van der Waals surface area contributed by atoms with Crippen LogP contribution in [0.15, 0.2) is 53.4 Å². The third kappa shape index (κ3) is 5.53. The van der Waals surface area contributed by atoms with Crippen molar-refractivity contribution in [3.05, 3.63) is 59.9 Å². The summed E-state index contributed by atoms with van der Waals surface area (Å²) in [6.45, 7) is 2.35. The number of anilines is 1. The Kier molecular flexibility index (Phi) is 7.11. The molecular weight excluding hydrogens is 385 g/mol. The van der Waals surface area contributed by atoms with Crippen molar-refractivity contribution in [2.75, 3.05) is 24.9 Å². The Labute approximate surface area is 163 Å². The Balaban J connectivity index is 2.08. The van der Waals surface area contributed by atoms with E-state index < -0.39 is 21.7 Å². The van der Waals surface area contributed by atoms with E-state index in [4.69, 9.17) is 0 Å². The van der Waals surface area contributed by atoms with Crippen molar-refractivity contribution in [2.24, 2.45) is 0 Å². The lowest BCUT2D eigenvalue weighted by Crippen LogP contribution is -2.38. The maximum absolute atomic E-state index is 13.7. The normalized spacial score (nSPS) is 11.0. The third-order valence-electron chi connectivity index (χ3n) is 3.83. The predicted octanol–water partition coefficient (Wildman–Crippen LogP) is 2.22. The summed E-state index contributed by atoms with van der Waals surface area (Å²) in [5.74, 6) is -1.38. The molecule has 0 aliphatic heterocycles. The summed E-state index contributed by atoms with van der Waals surface area (Å²) in [5.41, 5.74) is 0.0658. The number of hydrogen-bond acceptors (Lipinski definition) is 4. The van der Waals surface area contributed by atoms with E-state index in [2.05, 4.69) is 10.0 Å². The van der Waals surface area contributed by atoms with Crippen LogP contribution >= 0.6 is 0 Å². The molecule has 0 saturated carbocycles. The molecule has 2 rings (SSSR count). The highest BCUT2D eigenvalue weighted by atomic mass is 32.2. The Morgan fingerprint density at radius 1 is 1.07 bits per heavy atom. The average Bonchev–Trinajstić information content (AvgIpc) is 2.67. The minimum atomic E-state index is -4.01. The van der Waals surface area contributed by atoms with Crippen molar-refractivity contribution in [3.8, 4) is 0 Å². The lowest BCUT2D eigenvalue weighted by atomic mass is 10.2. The Morgan fingerprint density at radius 3 is 2.32 bits per heavy atom. The van der Waals surface area contributed by atoms with Crippen LogP contribution in [0.4, 0.5) is 10.1 Å². The van der Waals surface area contributed by atoms with Gasteiger partial charge in [0.2, 0.25) is 5.91 Å². The molecule has 0 spiro atoms. The molecule has 0 aromatic heterocycles. The average molecular weight is 407 g/mol. The Bertz CT molecular complexity index is 946. The van der Waals surface area contributed by atoms with Gasteiger partial charge in [-0.2, -0.15) is 0 Å². The number of carbonyl (C=O) groups excluding carboxylic acids is 2. The van der Waals surface area contributed by atoms with Crippen LogP contribution in [0.5, 0.6) is 0 Å². The summed E-state index contributed by atoms with van der Waals surface area (Å²) in [4.78, 5) is 25.2. The van der Waals surface area contributed by atoms with Gasteiger partial charge in [0.1, 0.15) is 5.82 Å². The monoisotopic (exact) mass is 407 g/mol. The minimum absolute atomic E-state index is 0.103. The van der Waals surface area contributed by atoms with E-state index >= 15 is 0 Å². The second-order valence-electron chi connectivity index (χ2n) is 6.12. The first-order chi connectivity index (χ1) is 13.2. The zero-order chi connectivity index (χ0) is 20.7. The second kappa shape index (κ2) is 9.32. The van der Waals surface area contributed by atoms with E-state index in [-0.39, 0.29) is 28.6 Å². The number of amides is 2. The zero-order valence-corrected chi connectivity index (χ0v) is 16.4. The summed E-state index contributed by atoms with van der Waals surface area (Å²) in [6.07, 6.45) is 0.792. The van der Waals surface area contributed by atoms with E-state index in [0.717, 1.165) is 12.5 Å². The first-order valence-corrected chi connectivity index (χ1v) is 10.1. The summed E-state index contributed by atoms with van der Waals surface area (Å²) in [5, 5.41) is 2.68. The number of carbonyl (C=O) groups is 2. The molecule has 28 heavy (non-hydrogen) atoms. The van der Waals surface area contributed by atoms with E-state index in [9.17, 15) is 22.4 Å². The number of nitrogens with one attached hydrogen (secondary N) is 2. The molecule has 2 N–H and O–H groups in total. The standard InChI is InChI=1S/C19H22FN3O4S/c1-3-12-21-18(24)13-23(2)19(25)14-8-10-15(11-9-14)28(26,27)22-17-7-5-4-6-16(17)20/h4-11,22H,3,12-13H2,1-2H3,(H,21,24). The number of sulfonamides is 1. The number of likely N-dealkylation sites (N-methyl/N-ethyl adjacent to an activating group) is 1. The molecule has 0 bridgehead atoms. The third-order valence-corrected chi connectivity index (χ3v) is 5.21. The van der Waals surface area contributed by atoms with E-state index in [1.54, 1.807) is 0 Å². The molecule has 2 aromatic carbocycles. The number of para-hydroxylation sites is 1. The van der Waals surface area contributed by atoms with Crippen LogP contribution in [0.2, 0.25) is 0 Å². The van der Waals surface area contributed by atoms with Gasteiger partial charge in [-0.25, -0.2) is 12.8 Å². The van der Waals surface area contributed by atoms with Crippen molar-refractivity contribution in [1.29, 1.82) is 0 Å². The molecule has 9 heteroatoms. The summed E-state index contributed by atoms with van der Waals surface area (Å²) in [7, 11) is -2.52. The van der Waals surface area contributed by atoms with Crippen molar-refractivity contribution in [1.82, 2.24) is 10.2 Å². The van der Waals surface area contributed by atoms with Crippen molar-refractivity contribution in [3.63, 3.8) is 0 Å². The van der Waals surface area contributed by atoms with Gasteiger partial charge in [-0.05, 0) is 42.8 Å². The largest absolute Gasteiger partial charge is 0.355 e. The van der Waals surface area contributed by atoms with Crippen LogP contribution in [0.3, 0.4) is 0 Å². The molecule has 0 aliphatic rings. The lowest BCUT2D eigenvalue weighted by Gasteiger charge is -2.17. The second-order valence-corrected chi connectivity index (χ2v) is 7.80. The molecule has 2 aromatic rings. The first-order valence-electron chi connectivity index (χ1n) is 8.64. The van der Waals surface area contributed by atoms with Gasteiger partial charge in [-0.3, -0.25) is 14.3 Å². The van der Waals surface area contributed by atoms with E-state index in [1.165, 1.54) is 54.4 Å². The Morgan fingerprint density at radius 2 is 1.71 bits per heavy atom. The van der Waals surface area contributed by atoms with Crippen molar-refractivity contribution in [2.45, 2.75) is 18.2 Å². The van der Waals surface area contributed by atoms with Gasteiger partial charge in [-0.1, -0.05) is 19.1 Å². The predicted molar refractivity (Wildman–Crippen MR) is 104 cm³/mol. The van der Waals surface area contributed by atoms with Gasteiger partial charge in [0.05, 0.1) is 17.1 Å². The lowest BCUT2D eigenvalue weighted by molar-refractivity contribution is -0.121. The topological polar surface area (TPSA) is 95.6 Å². The van der Waals surface area contributed by atoms with E-state index in [0.29, 0.717) is 6.54 Å². The molecule has 0 aliphatic carbocycles. The molecule has 0 atom stereocenters. The molecule has 2 amide bonds. The molecule has 150 valence electrons. The number of benzene rings is 2. The van der Waals surface area contributed by atoms with Crippen LogP contribution in [-0.4, -0.2) is 45.3 Å². The zero-order valence-electron chi connectivity index (χ0n) is 15.6. The molecule has 0 fully saturated rings. The number of hydrogen-bond donors (Lipinski definition) is 2. The Hall–Kier alpha value is -2.94. The SMILES string of the molecule is CCCNC(=O)CN(C)C(=O)c1ccc(S(=O)(=O)Nc2ccccc2F)cc1. The smallest absolute Gasteiger partial charge is 0.261 e. The van der Waals surface area contributed by atoms with E-state index in [1.807, 2.05) is 6.92 Å². The molecule has 0 heterocycles. The summed E-state index contributed by atoms with van der Waals surface area (Å²) < 4.78 is 40.6. The van der Waals surface area contributed by atoms with Crippen LogP contribution < -0.4 is 10.0 Å². The fourth-order valence-corrected chi connectivity index (χ4v) is 3.42. The quantitative estimate of drug-likeness (QED) is 0.701. The van der Waals surface area contributed by atoms with Crippen LogP contribution in [-0.2, 0) is 14.8 Å². The van der Waals surface area contributed by atoms with Gasteiger partial charge in [0, 0.05) is 19.2 Å².